The molecule has 0 aromatic heterocycles. The van der Waals surface area contributed by atoms with Gasteiger partial charge in [-0.05, 0) is 48.2 Å². The molecule has 30 heavy (non-hydrogen) atoms. The minimum atomic E-state index is -3.75. The monoisotopic (exact) mass is 433 g/mol. The van der Waals surface area contributed by atoms with Gasteiger partial charge in [0, 0.05) is 31.7 Å². The predicted octanol–water partition coefficient (Wildman–Crippen LogP) is 1.41. The van der Waals surface area contributed by atoms with Crippen molar-refractivity contribution in [3.8, 4) is 0 Å². The standard InChI is InChI=1S/C21H27N3O5S/c1-29-23-30(27,28)20-8-6-18(7-9-20)21(26)22-14-16-2-4-17(5-3-16)15-24-12-10-19(25)11-13-24/h2-9,19,23,25H,10-15H2,1H3,(H,22,26). The van der Waals surface area contributed by atoms with Crippen LogP contribution in [0.1, 0.15) is 34.3 Å². The number of benzene rings is 2. The van der Waals surface area contributed by atoms with Crippen molar-refractivity contribution >= 4 is 15.9 Å². The third kappa shape index (κ3) is 6.10. The molecular formula is C21H27N3O5S. The van der Waals surface area contributed by atoms with Crippen LogP contribution in [0.15, 0.2) is 53.4 Å². The maximum absolute atomic E-state index is 12.3. The largest absolute Gasteiger partial charge is 0.393 e. The first-order valence-corrected chi connectivity index (χ1v) is 11.3. The number of carbonyl (C=O) groups excluding carboxylic acids is 1. The molecule has 1 amide bonds. The van der Waals surface area contributed by atoms with Gasteiger partial charge in [0.15, 0.2) is 0 Å². The van der Waals surface area contributed by atoms with E-state index in [1.807, 2.05) is 17.0 Å². The maximum atomic E-state index is 12.3. The van der Waals surface area contributed by atoms with E-state index in [0.717, 1.165) is 38.0 Å². The van der Waals surface area contributed by atoms with E-state index >= 15 is 0 Å². The van der Waals surface area contributed by atoms with Crippen LogP contribution < -0.4 is 10.2 Å². The minimum absolute atomic E-state index is 0.0136. The van der Waals surface area contributed by atoms with Crippen molar-refractivity contribution in [2.24, 2.45) is 0 Å². The summed E-state index contributed by atoms with van der Waals surface area (Å²) < 4.78 is 23.7. The molecule has 2 aromatic rings. The average Bonchev–Trinajstić information content (AvgIpc) is 2.75. The number of carbonyl (C=O) groups is 1. The second-order valence-electron chi connectivity index (χ2n) is 7.32. The summed E-state index contributed by atoms with van der Waals surface area (Å²) in [7, 11) is -2.53. The molecule has 0 spiro atoms. The van der Waals surface area contributed by atoms with Crippen LogP contribution in [-0.2, 0) is 28.0 Å². The number of hydrogen-bond donors (Lipinski definition) is 3. The summed E-state index contributed by atoms with van der Waals surface area (Å²) in [5, 5.41) is 12.4. The van der Waals surface area contributed by atoms with Crippen LogP contribution in [-0.4, -0.2) is 50.6 Å². The van der Waals surface area contributed by atoms with E-state index in [9.17, 15) is 18.3 Å². The van der Waals surface area contributed by atoms with Crippen LogP contribution in [0, 0.1) is 0 Å². The lowest BCUT2D eigenvalue weighted by molar-refractivity contribution is 0.0792. The summed E-state index contributed by atoms with van der Waals surface area (Å²) in [5.41, 5.74) is 2.54. The van der Waals surface area contributed by atoms with Crippen molar-refractivity contribution in [1.82, 2.24) is 15.1 Å². The number of aliphatic hydroxyl groups is 1. The van der Waals surface area contributed by atoms with Gasteiger partial charge < -0.3 is 10.4 Å². The van der Waals surface area contributed by atoms with Crippen LogP contribution in [0.4, 0.5) is 0 Å². The number of likely N-dealkylation sites (tertiary alicyclic amines) is 1. The Balaban J connectivity index is 1.51. The van der Waals surface area contributed by atoms with Crippen molar-refractivity contribution in [1.29, 1.82) is 0 Å². The van der Waals surface area contributed by atoms with Crippen molar-refractivity contribution in [2.75, 3.05) is 20.2 Å². The molecule has 0 aliphatic carbocycles. The number of piperidine rings is 1. The molecule has 0 saturated carbocycles. The van der Waals surface area contributed by atoms with Gasteiger partial charge in [-0.3, -0.25) is 14.5 Å². The van der Waals surface area contributed by atoms with E-state index in [-0.39, 0.29) is 16.9 Å². The third-order valence-electron chi connectivity index (χ3n) is 5.06. The first-order chi connectivity index (χ1) is 14.4. The van der Waals surface area contributed by atoms with Crippen molar-refractivity contribution in [3.05, 3.63) is 65.2 Å². The zero-order valence-electron chi connectivity index (χ0n) is 16.9. The molecular weight excluding hydrogens is 406 g/mol. The van der Waals surface area contributed by atoms with Crippen molar-refractivity contribution in [2.45, 2.75) is 36.9 Å². The lowest BCUT2D eigenvalue weighted by atomic mass is 10.1. The molecule has 162 valence electrons. The minimum Gasteiger partial charge on any atom is -0.393 e. The van der Waals surface area contributed by atoms with Gasteiger partial charge in [-0.25, -0.2) is 8.42 Å². The second kappa shape index (κ2) is 10.1. The number of aliphatic hydroxyl groups excluding tert-OH is 1. The Hall–Kier alpha value is -2.30. The summed E-state index contributed by atoms with van der Waals surface area (Å²) in [6.07, 6.45) is 1.47. The molecule has 0 radical (unpaired) electrons. The van der Waals surface area contributed by atoms with Crippen LogP contribution >= 0.6 is 0 Å². The SMILES string of the molecule is CONS(=O)(=O)c1ccc(C(=O)NCc2ccc(CN3CCC(O)CC3)cc2)cc1. The summed E-state index contributed by atoms with van der Waals surface area (Å²) in [5.74, 6) is -0.283. The predicted molar refractivity (Wildman–Crippen MR) is 112 cm³/mol. The molecule has 3 N–H and O–H groups in total. The van der Waals surface area contributed by atoms with Gasteiger partial charge in [-0.2, -0.15) is 0 Å². The molecule has 0 unspecified atom stereocenters. The zero-order chi connectivity index (χ0) is 21.6. The lowest BCUT2D eigenvalue weighted by Gasteiger charge is -2.29. The first-order valence-electron chi connectivity index (χ1n) is 9.78. The van der Waals surface area contributed by atoms with Crippen LogP contribution in [0.3, 0.4) is 0 Å². The smallest absolute Gasteiger partial charge is 0.262 e. The number of hydrogen-bond acceptors (Lipinski definition) is 6. The Morgan fingerprint density at radius 1 is 1.07 bits per heavy atom. The number of rotatable bonds is 8. The lowest BCUT2D eigenvalue weighted by Crippen LogP contribution is -2.35. The number of nitrogens with one attached hydrogen (secondary N) is 2. The zero-order valence-corrected chi connectivity index (χ0v) is 17.7. The summed E-state index contributed by atoms with van der Waals surface area (Å²) in [6.45, 7) is 3.04. The molecule has 1 aliphatic heterocycles. The van der Waals surface area contributed by atoms with E-state index in [2.05, 4.69) is 27.2 Å². The fourth-order valence-electron chi connectivity index (χ4n) is 3.33. The Labute approximate surface area is 176 Å². The molecule has 1 aliphatic rings. The topological polar surface area (TPSA) is 108 Å². The molecule has 0 bridgehead atoms. The maximum Gasteiger partial charge on any atom is 0.262 e. The highest BCUT2D eigenvalue weighted by atomic mass is 32.2. The molecule has 3 rings (SSSR count). The Bertz CT molecular complexity index is 938. The first kappa shape index (κ1) is 22.4. The van der Waals surface area contributed by atoms with E-state index in [1.54, 1.807) is 0 Å². The van der Waals surface area contributed by atoms with E-state index in [0.29, 0.717) is 12.1 Å². The van der Waals surface area contributed by atoms with Crippen LogP contribution in [0.25, 0.3) is 0 Å². The highest BCUT2D eigenvalue weighted by Crippen LogP contribution is 2.15. The molecule has 1 heterocycles. The Kier molecular flexibility index (Phi) is 7.57. The van der Waals surface area contributed by atoms with Crippen molar-refractivity contribution in [3.63, 3.8) is 0 Å². The van der Waals surface area contributed by atoms with Gasteiger partial charge in [0.1, 0.15) is 0 Å². The summed E-state index contributed by atoms with van der Waals surface area (Å²) in [6, 6.07) is 13.7. The molecule has 9 heteroatoms. The Morgan fingerprint density at radius 3 is 2.27 bits per heavy atom. The molecule has 2 aromatic carbocycles. The fraction of sp³-hybridized carbons (Fsp3) is 0.381. The van der Waals surface area contributed by atoms with Crippen LogP contribution in [0.2, 0.25) is 0 Å². The number of amides is 1. The molecule has 1 fully saturated rings. The second-order valence-corrected chi connectivity index (χ2v) is 8.97. The number of nitrogens with zero attached hydrogens (tertiary/aromatic N) is 1. The highest BCUT2D eigenvalue weighted by molar-refractivity contribution is 7.89. The van der Waals surface area contributed by atoms with Gasteiger partial charge in [-0.1, -0.05) is 29.2 Å². The molecule has 0 atom stereocenters. The van der Waals surface area contributed by atoms with Crippen molar-refractivity contribution < 1.29 is 23.2 Å². The summed E-state index contributed by atoms with van der Waals surface area (Å²) in [4.78, 5) is 21.0. The van der Waals surface area contributed by atoms with E-state index in [1.165, 1.54) is 36.9 Å². The quantitative estimate of drug-likeness (QED) is 0.544. The number of sulfonamides is 1. The van der Waals surface area contributed by atoms with Gasteiger partial charge >= 0.3 is 0 Å². The highest BCUT2D eigenvalue weighted by Gasteiger charge is 2.17. The van der Waals surface area contributed by atoms with Crippen LogP contribution in [0.5, 0.6) is 0 Å². The van der Waals surface area contributed by atoms with E-state index in [4.69, 9.17) is 0 Å². The molecule has 1 saturated heterocycles. The van der Waals surface area contributed by atoms with Gasteiger partial charge in [0.2, 0.25) is 0 Å². The van der Waals surface area contributed by atoms with Gasteiger partial charge in [0.05, 0.1) is 18.1 Å². The fourth-order valence-corrected chi connectivity index (χ4v) is 4.14. The van der Waals surface area contributed by atoms with E-state index < -0.39 is 10.0 Å². The normalized spacial score (nSPS) is 15.8. The van der Waals surface area contributed by atoms with Gasteiger partial charge in [0.25, 0.3) is 15.9 Å². The average molecular weight is 434 g/mol. The molecule has 8 nitrogen and oxygen atoms in total. The Morgan fingerprint density at radius 2 is 1.67 bits per heavy atom. The van der Waals surface area contributed by atoms with Gasteiger partial charge in [-0.15, -0.1) is 0 Å². The summed E-state index contributed by atoms with van der Waals surface area (Å²) >= 11 is 0. The third-order valence-corrected chi connectivity index (χ3v) is 6.34.